The maximum atomic E-state index is 5.24. The first-order chi connectivity index (χ1) is 8.65. The highest BCUT2D eigenvalue weighted by atomic mass is 32.1. The van der Waals surface area contributed by atoms with Gasteiger partial charge in [-0.15, -0.1) is 0 Å². The molecule has 0 amide bonds. The Kier molecular flexibility index (Phi) is 3.94. The largest absolute Gasteiger partial charge is 0.357 e. The fourth-order valence-electron chi connectivity index (χ4n) is 1.64. The maximum Gasteiger partial charge on any atom is 0.171 e. The van der Waals surface area contributed by atoms with E-state index < -0.39 is 0 Å². The number of rotatable bonds is 3. The van der Waals surface area contributed by atoms with Crippen LogP contribution in [-0.4, -0.2) is 14.9 Å². The number of hydrogen-bond acceptors (Lipinski definition) is 2. The Hall–Kier alpha value is -1.88. The van der Waals surface area contributed by atoms with E-state index in [0.29, 0.717) is 11.7 Å². The molecular formula is C13H16N4S. The molecule has 18 heavy (non-hydrogen) atoms. The maximum absolute atomic E-state index is 5.24. The third-order valence-corrected chi connectivity index (χ3v) is 2.87. The Morgan fingerprint density at radius 2 is 2.22 bits per heavy atom. The van der Waals surface area contributed by atoms with Gasteiger partial charge in [-0.25, -0.2) is 0 Å². The highest BCUT2D eigenvalue weighted by Gasteiger charge is 2.00. The number of hydrogen-bond donors (Lipinski definition) is 2. The van der Waals surface area contributed by atoms with Crippen molar-refractivity contribution in [2.24, 2.45) is 7.05 Å². The fraction of sp³-hybridized carbons (Fsp3) is 0.231. The van der Waals surface area contributed by atoms with E-state index in [9.17, 15) is 0 Å². The van der Waals surface area contributed by atoms with Gasteiger partial charge >= 0.3 is 0 Å². The lowest BCUT2D eigenvalue weighted by Gasteiger charge is -2.11. The minimum absolute atomic E-state index is 0.613. The van der Waals surface area contributed by atoms with Crippen molar-refractivity contribution in [2.45, 2.75) is 13.5 Å². The van der Waals surface area contributed by atoms with E-state index in [4.69, 9.17) is 12.2 Å². The van der Waals surface area contributed by atoms with E-state index in [1.54, 1.807) is 6.20 Å². The molecule has 0 spiro atoms. The summed E-state index contributed by atoms with van der Waals surface area (Å²) in [7, 11) is 1.91. The van der Waals surface area contributed by atoms with Gasteiger partial charge in [0, 0.05) is 18.9 Å². The Bertz CT molecular complexity index is 547. The molecule has 4 nitrogen and oxygen atoms in total. The number of thiocarbonyl (C=S) groups is 1. The van der Waals surface area contributed by atoms with Crippen molar-refractivity contribution in [3.8, 4) is 0 Å². The SMILES string of the molecule is Cc1cccc(NC(=S)NCc2ccnn2C)c1. The van der Waals surface area contributed by atoms with Crippen LogP contribution in [0.4, 0.5) is 5.69 Å². The molecule has 1 aromatic carbocycles. The zero-order valence-electron chi connectivity index (χ0n) is 10.5. The van der Waals surface area contributed by atoms with Crippen molar-refractivity contribution in [1.82, 2.24) is 15.1 Å². The van der Waals surface area contributed by atoms with Gasteiger partial charge in [-0.3, -0.25) is 4.68 Å². The molecule has 1 heterocycles. The molecule has 0 saturated heterocycles. The van der Waals surface area contributed by atoms with Crippen LogP contribution in [0, 0.1) is 6.92 Å². The number of nitrogens with zero attached hydrogens (tertiary/aromatic N) is 2. The van der Waals surface area contributed by atoms with E-state index in [-0.39, 0.29) is 0 Å². The molecule has 0 atom stereocenters. The van der Waals surface area contributed by atoms with E-state index in [2.05, 4.69) is 34.8 Å². The van der Waals surface area contributed by atoms with Crippen LogP contribution in [-0.2, 0) is 13.6 Å². The Morgan fingerprint density at radius 1 is 1.39 bits per heavy atom. The smallest absolute Gasteiger partial charge is 0.171 e. The molecule has 0 aliphatic rings. The van der Waals surface area contributed by atoms with Crippen LogP contribution in [0.15, 0.2) is 36.5 Å². The van der Waals surface area contributed by atoms with E-state index >= 15 is 0 Å². The Morgan fingerprint density at radius 3 is 2.89 bits per heavy atom. The second kappa shape index (κ2) is 5.64. The average molecular weight is 260 g/mol. The zero-order valence-corrected chi connectivity index (χ0v) is 11.3. The molecule has 0 bridgehead atoms. The van der Waals surface area contributed by atoms with Gasteiger partial charge in [0.15, 0.2) is 5.11 Å². The summed E-state index contributed by atoms with van der Waals surface area (Å²) in [5, 5.41) is 11.0. The summed E-state index contributed by atoms with van der Waals surface area (Å²) in [4.78, 5) is 0. The highest BCUT2D eigenvalue weighted by molar-refractivity contribution is 7.80. The molecule has 2 aromatic rings. The molecule has 1 aromatic heterocycles. The van der Waals surface area contributed by atoms with E-state index in [1.807, 2.05) is 29.9 Å². The number of anilines is 1. The van der Waals surface area contributed by atoms with Gasteiger partial charge in [-0.05, 0) is 42.9 Å². The van der Waals surface area contributed by atoms with Gasteiger partial charge in [-0.2, -0.15) is 5.10 Å². The first kappa shape index (κ1) is 12.6. The Labute approximate surface area is 112 Å². The molecule has 0 saturated carbocycles. The third kappa shape index (κ3) is 3.30. The summed E-state index contributed by atoms with van der Waals surface area (Å²) < 4.78 is 1.82. The van der Waals surface area contributed by atoms with Crippen LogP contribution >= 0.6 is 12.2 Å². The third-order valence-electron chi connectivity index (χ3n) is 2.63. The lowest BCUT2D eigenvalue weighted by Crippen LogP contribution is -2.28. The fourth-order valence-corrected chi connectivity index (χ4v) is 1.83. The van der Waals surface area contributed by atoms with Gasteiger partial charge in [0.05, 0.1) is 12.2 Å². The number of aryl methyl sites for hydroxylation is 2. The van der Waals surface area contributed by atoms with Crippen LogP contribution in [0.2, 0.25) is 0 Å². The van der Waals surface area contributed by atoms with Gasteiger partial charge in [-0.1, -0.05) is 12.1 Å². The summed E-state index contributed by atoms with van der Waals surface area (Å²) in [5.41, 5.74) is 3.29. The summed E-state index contributed by atoms with van der Waals surface area (Å²) in [6.45, 7) is 2.71. The first-order valence-electron chi connectivity index (χ1n) is 5.73. The molecule has 0 fully saturated rings. The monoisotopic (exact) mass is 260 g/mol. The van der Waals surface area contributed by atoms with Gasteiger partial charge in [0.1, 0.15) is 0 Å². The second-order valence-corrected chi connectivity index (χ2v) is 4.53. The van der Waals surface area contributed by atoms with Crippen molar-refractivity contribution >= 4 is 23.0 Å². The van der Waals surface area contributed by atoms with Gasteiger partial charge in [0.2, 0.25) is 0 Å². The predicted molar refractivity (Wildman–Crippen MR) is 77.4 cm³/mol. The van der Waals surface area contributed by atoms with Gasteiger partial charge in [0.25, 0.3) is 0 Å². The molecule has 0 unspecified atom stereocenters. The average Bonchev–Trinajstić information content (AvgIpc) is 2.72. The van der Waals surface area contributed by atoms with E-state index in [0.717, 1.165) is 11.4 Å². The molecule has 94 valence electrons. The number of nitrogens with one attached hydrogen (secondary N) is 2. The lowest BCUT2D eigenvalue weighted by molar-refractivity contribution is 0.695. The topological polar surface area (TPSA) is 41.9 Å². The summed E-state index contributed by atoms with van der Waals surface area (Å²) >= 11 is 5.24. The minimum Gasteiger partial charge on any atom is -0.357 e. The molecule has 0 radical (unpaired) electrons. The van der Waals surface area contributed by atoms with Crippen LogP contribution in [0.1, 0.15) is 11.3 Å². The van der Waals surface area contributed by atoms with Crippen LogP contribution in [0.25, 0.3) is 0 Å². The number of benzene rings is 1. The zero-order chi connectivity index (χ0) is 13.0. The second-order valence-electron chi connectivity index (χ2n) is 4.12. The first-order valence-corrected chi connectivity index (χ1v) is 6.14. The normalized spacial score (nSPS) is 10.1. The lowest BCUT2D eigenvalue weighted by atomic mass is 10.2. The Balaban J connectivity index is 1.88. The molecule has 0 aliphatic heterocycles. The molecular weight excluding hydrogens is 244 g/mol. The molecule has 0 aliphatic carbocycles. The predicted octanol–water partition coefficient (Wildman–Crippen LogP) is 2.22. The van der Waals surface area contributed by atoms with Crippen molar-refractivity contribution in [1.29, 1.82) is 0 Å². The minimum atomic E-state index is 0.613. The van der Waals surface area contributed by atoms with Crippen molar-refractivity contribution in [3.63, 3.8) is 0 Å². The molecule has 5 heteroatoms. The van der Waals surface area contributed by atoms with Crippen LogP contribution in [0.3, 0.4) is 0 Å². The van der Waals surface area contributed by atoms with Crippen LogP contribution in [0.5, 0.6) is 0 Å². The number of aromatic nitrogens is 2. The molecule has 2 N–H and O–H groups in total. The van der Waals surface area contributed by atoms with Crippen molar-refractivity contribution in [2.75, 3.05) is 5.32 Å². The summed E-state index contributed by atoms with van der Waals surface area (Å²) in [6.07, 6.45) is 1.77. The molecule has 2 rings (SSSR count). The van der Waals surface area contributed by atoms with Gasteiger partial charge < -0.3 is 10.6 Å². The summed E-state index contributed by atoms with van der Waals surface area (Å²) in [5.74, 6) is 0. The quantitative estimate of drug-likeness (QED) is 0.830. The van der Waals surface area contributed by atoms with E-state index in [1.165, 1.54) is 5.56 Å². The van der Waals surface area contributed by atoms with Crippen molar-refractivity contribution in [3.05, 3.63) is 47.8 Å². The van der Waals surface area contributed by atoms with Crippen molar-refractivity contribution < 1.29 is 0 Å². The highest BCUT2D eigenvalue weighted by Crippen LogP contribution is 2.09. The van der Waals surface area contributed by atoms with Crippen LogP contribution < -0.4 is 10.6 Å². The standard InChI is InChI=1S/C13H16N4S/c1-10-4-3-5-11(8-10)16-13(18)14-9-12-6-7-15-17(12)2/h3-8H,9H2,1-2H3,(H2,14,16,18). The summed E-state index contributed by atoms with van der Waals surface area (Å²) in [6, 6.07) is 10.1.